The van der Waals surface area contributed by atoms with Crippen LogP contribution in [0.5, 0.6) is 11.5 Å². The molecule has 2 N–H and O–H groups in total. The van der Waals surface area contributed by atoms with Crippen molar-refractivity contribution >= 4 is 24.1 Å². The number of H-pyrrole nitrogens is 1. The number of hydrogen-bond acceptors (Lipinski definition) is 6. The van der Waals surface area contributed by atoms with Gasteiger partial charge in [0.05, 0.1) is 6.21 Å². The molecule has 1 heterocycles. The molecule has 0 aliphatic rings. The van der Waals surface area contributed by atoms with Gasteiger partial charge in [0.2, 0.25) is 4.77 Å². The van der Waals surface area contributed by atoms with E-state index in [2.05, 4.69) is 34.0 Å². The summed E-state index contributed by atoms with van der Waals surface area (Å²) in [6.07, 6.45) is 1.55. The average molecular weight is 398 g/mol. The second kappa shape index (κ2) is 9.18. The molecular weight excluding hydrogens is 374 g/mol. The van der Waals surface area contributed by atoms with Gasteiger partial charge in [-0.25, -0.2) is 5.10 Å². The highest BCUT2D eigenvalue weighted by atomic mass is 32.1. The first-order chi connectivity index (χ1) is 13.6. The van der Waals surface area contributed by atoms with Crippen molar-refractivity contribution in [3.05, 3.63) is 64.7 Å². The summed E-state index contributed by atoms with van der Waals surface area (Å²) < 4.78 is 7.54. The van der Waals surface area contributed by atoms with Crippen molar-refractivity contribution in [2.45, 2.75) is 20.5 Å². The molecular formula is C20H23N5O2S. The Morgan fingerprint density at radius 3 is 2.64 bits per heavy atom. The number of aromatic nitrogens is 3. The minimum atomic E-state index is 0.158. The smallest absolute Gasteiger partial charge is 0.216 e. The highest BCUT2D eigenvalue weighted by Crippen LogP contribution is 2.23. The first kappa shape index (κ1) is 19.6. The molecule has 8 heteroatoms. The van der Waals surface area contributed by atoms with Gasteiger partial charge in [0.25, 0.3) is 0 Å². The number of nitrogens with zero attached hydrogens (tertiary/aromatic N) is 4. The monoisotopic (exact) mass is 397 g/mol. The molecule has 0 aliphatic heterocycles. The molecule has 28 heavy (non-hydrogen) atoms. The second-order valence-corrected chi connectivity index (χ2v) is 6.41. The van der Waals surface area contributed by atoms with Crippen LogP contribution in [-0.2, 0) is 6.61 Å². The lowest BCUT2D eigenvalue weighted by Gasteiger charge is -2.21. The largest absolute Gasteiger partial charge is 0.507 e. The predicted octanol–water partition coefficient (Wildman–Crippen LogP) is 3.95. The van der Waals surface area contributed by atoms with Crippen LogP contribution < -0.4 is 9.64 Å². The number of benzene rings is 2. The Morgan fingerprint density at radius 2 is 1.96 bits per heavy atom. The Morgan fingerprint density at radius 1 is 1.21 bits per heavy atom. The number of aromatic amines is 1. The third-order valence-electron chi connectivity index (χ3n) is 4.28. The number of nitrogens with one attached hydrogen (secondary N) is 1. The van der Waals surface area contributed by atoms with Crippen LogP contribution in [0.25, 0.3) is 0 Å². The zero-order chi connectivity index (χ0) is 19.9. The molecule has 0 bridgehead atoms. The molecule has 0 radical (unpaired) electrons. The number of hydrogen-bond donors (Lipinski definition) is 2. The van der Waals surface area contributed by atoms with E-state index in [0.717, 1.165) is 24.5 Å². The van der Waals surface area contributed by atoms with Crippen molar-refractivity contribution in [3.63, 3.8) is 0 Å². The van der Waals surface area contributed by atoms with Crippen LogP contribution in [-0.4, -0.2) is 39.3 Å². The molecule has 2 aromatic carbocycles. The summed E-state index contributed by atoms with van der Waals surface area (Å²) in [5.41, 5.74) is 1.56. The van der Waals surface area contributed by atoms with Gasteiger partial charge in [0, 0.05) is 30.4 Å². The van der Waals surface area contributed by atoms with Gasteiger partial charge in [-0.2, -0.15) is 14.9 Å². The van der Waals surface area contributed by atoms with Gasteiger partial charge in [-0.15, -0.1) is 0 Å². The van der Waals surface area contributed by atoms with Crippen molar-refractivity contribution in [1.82, 2.24) is 14.9 Å². The van der Waals surface area contributed by atoms with Crippen LogP contribution in [0, 0.1) is 4.77 Å². The van der Waals surface area contributed by atoms with E-state index in [0.29, 0.717) is 16.2 Å². The average Bonchev–Trinajstić information content (AvgIpc) is 3.07. The molecule has 0 saturated carbocycles. The fraction of sp³-hybridized carbons (Fsp3) is 0.250. The number of para-hydroxylation sites is 1. The van der Waals surface area contributed by atoms with Crippen LogP contribution in [0.4, 0.5) is 5.69 Å². The van der Waals surface area contributed by atoms with Gasteiger partial charge in [0.15, 0.2) is 5.82 Å². The molecule has 146 valence electrons. The molecule has 0 aliphatic carbocycles. The fourth-order valence-electron chi connectivity index (χ4n) is 2.75. The summed E-state index contributed by atoms with van der Waals surface area (Å²) >= 11 is 5.24. The number of anilines is 1. The van der Waals surface area contributed by atoms with E-state index in [1.165, 1.54) is 4.68 Å². The first-order valence-corrected chi connectivity index (χ1v) is 9.49. The lowest BCUT2D eigenvalue weighted by atomic mass is 10.2. The maximum atomic E-state index is 10.3. The molecule has 0 saturated heterocycles. The normalized spacial score (nSPS) is 11.1. The standard InChI is InChI=1S/C20H23N5O2S/c1-3-24(4-2)16-11-10-15(18(26)12-16)13-21-25-19(22-23-20(25)28)14-27-17-8-6-5-7-9-17/h5-13,26H,3-4,14H2,1-2H3,(H,23,28)/b21-13+. The van der Waals surface area contributed by atoms with Crippen molar-refractivity contribution in [3.8, 4) is 11.5 Å². The topological polar surface area (TPSA) is 78.7 Å². The van der Waals surface area contributed by atoms with Crippen molar-refractivity contribution in [2.24, 2.45) is 5.10 Å². The summed E-state index contributed by atoms with van der Waals surface area (Å²) in [5, 5.41) is 21.6. The van der Waals surface area contributed by atoms with E-state index in [4.69, 9.17) is 17.0 Å². The molecule has 0 fully saturated rings. The van der Waals surface area contributed by atoms with Gasteiger partial charge in [0.1, 0.15) is 18.1 Å². The lowest BCUT2D eigenvalue weighted by molar-refractivity contribution is 0.290. The van der Waals surface area contributed by atoms with Crippen molar-refractivity contribution in [2.75, 3.05) is 18.0 Å². The molecule has 3 rings (SSSR count). The molecule has 1 aromatic heterocycles. The fourth-order valence-corrected chi connectivity index (χ4v) is 2.95. The van der Waals surface area contributed by atoms with E-state index >= 15 is 0 Å². The number of phenols is 1. The van der Waals surface area contributed by atoms with Crippen LogP contribution in [0.1, 0.15) is 25.2 Å². The quantitative estimate of drug-likeness (QED) is 0.444. The zero-order valence-electron chi connectivity index (χ0n) is 15.9. The van der Waals surface area contributed by atoms with E-state index in [-0.39, 0.29) is 12.4 Å². The zero-order valence-corrected chi connectivity index (χ0v) is 16.7. The molecule has 7 nitrogen and oxygen atoms in total. The van der Waals surface area contributed by atoms with Gasteiger partial charge in [-0.05, 0) is 50.3 Å². The van der Waals surface area contributed by atoms with Crippen molar-refractivity contribution in [1.29, 1.82) is 0 Å². The molecule has 0 amide bonds. The number of ether oxygens (including phenoxy) is 1. The Hall–Kier alpha value is -3.13. The predicted molar refractivity (Wildman–Crippen MR) is 113 cm³/mol. The van der Waals surface area contributed by atoms with E-state index in [1.807, 2.05) is 42.5 Å². The first-order valence-electron chi connectivity index (χ1n) is 9.08. The maximum absolute atomic E-state index is 10.3. The summed E-state index contributed by atoms with van der Waals surface area (Å²) in [4.78, 5) is 2.16. The number of phenolic OH excluding ortho intramolecular Hbond substituents is 1. The van der Waals surface area contributed by atoms with Gasteiger partial charge in [-0.1, -0.05) is 18.2 Å². The summed E-state index contributed by atoms with van der Waals surface area (Å²) in [7, 11) is 0. The Balaban J connectivity index is 1.77. The summed E-state index contributed by atoms with van der Waals surface area (Å²) in [6, 6.07) is 15.0. The summed E-state index contributed by atoms with van der Waals surface area (Å²) in [6.45, 7) is 6.11. The Labute approximate surface area is 168 Å². The van der Waals surface area contributed by atoms with Crippen LogP contribution in [0.15, 0.2) is 53.6 Å². The highest BCUT2D eigenvalue weighted by Gasteiger charge is 2.08. The Bertz CT molecular complexity index is 993. The molecule has 0 unspecified atom stereocenters. The van der Waals surface area contributed by atoms with Gasteiger partial charge in [-0.3, -0.25) is 0 Å². The van der Waals surface area contributed by atoms with E-state index < -0.39 is 0 Å². The van der Waals surface area contributed by atoms with Crippen LogP contribution in [0.2, 0.25) is 0 Å². The number of rotatable bonds is 8. The lowest BCUT2D eigenvalue weighted by Crippen LogP contribution is -2.21. The third-order valence-corrected chi connectivity index (χ3v) is 4.55. The number of aromatic hydroxyl groups is 1. The van der Waals surface area contributed by atoms with Gasteiger partial charge >= 0.3 is 0 Å². The SMILES string of the molecule is CCN(CC)c1ccc(/C=N/n2c(COc3ccccc3)n[nH]c2=S)c(O)c1. The molecule has 0 spiro atoms. The minimum Gasteiger partial charge on any atom is -0.507 e. The van der Waals surface area contributed by atoms with Crippen LogP contribution >= 0.6 is 12.2 Å². The summed E-state index contributed by atoms with van der Waals surface area (Å²) in [5.74, 6) is 1.42. The Kier molecular flexibility index (Phi) is 6.44. The van der Waals surface area contributed by atoms with E-state index in [1.54, 1.807) is 12.3 Å². The van der Waals surface area contributed by atoms with Gasteiger partial charge < -0.3 is 14.7 Å². The molecule has 0 atom stereocenters. The van der Waals surface area contributed by atoms with Crippen LogP contribution in [0.3, 0.4) is 0 Å². The van der Waals surface area contributed by atoms with E-state index in [9.17, 15) is 5.11 Å². The molecule has 3 aromatic rings. The van der Waals surface area contributed by atoms with Crippen molar-refractivity contribution < 1.29 is 9.84 Å². The second-order valence-electron chi connectivity index (χ2n) is 6.02. The maximum Gasteiger partial charge on any atom is 0.216 e. The third kappa shape index (κ3) is 4.58. The minimum absolute atomic E-state index is 0.158. The highest BCUT2D eigenvalue weighted by molar-refractivity contribution is 7.71.